The van der Waals surface area contributed by atoms with Gasteiger partial charge in [0.2, 0.25) is 5.91 Å². The predicted octanol–water partition coefficient (Wildman–Crippen LogP) is 4.01. The molecule has 2 saturated heterocycles. The first-order valence-corrected chi connectivity index (χ1v) is 11.6. The van der Waals surface area contributed by atoms with Gasteiger partial charge in [0, 0.05) is 32.1 Å². The topological polar surface area (TPSA) is 67.7 Å². The molecule has 10 heteroatoms. The van der Waals surface area contributed by atoms with Crippen LogP contribution in [0.3, 0.4) is 0 Å². The Balaban J connectivity index is 1.45. The van der Waals surface area contributed by atoms with E-state index in [-0.39, 0.29) is 34.9 Å². The number of likely N-dealkylation sites (tertiary alicyclic amines) is 2. The van der Waals surface area contributed by atoms with Crippen LogP contribution in [0.5, 0.6) is 5.75 Å². The van der Waals surface area contributed by atoms with Crippen LogP contribution < -0.4 is 4.74 Å². The minimum atomic E-state index is -4.49. The highest BCUT2D eigenvalue weighted by Crippen LogP contribution is 2.31. The molecule has 3 heterocycles. The molecule has 1 atom stereocenters. The summed E-state index contributed by atoms with van der Waals surface area (Å²) in [6, 6.07) is 4.72. The molecule has 7 nitrogen and oxygen atoms in total. The second-order valence-corrected chi connectivity index (χ2v) is 9.14. The van der Waals surface area contributed by atoms with Crippen molar-refractivity contribution in [1.29, 1.82) is 0 Å². The fourth-order valence-corrected chi connectivity index (χ4v) is 4.74. The molecule has 2 fully saturated rings. The first-order valence-electron chi connectivity index (χ1n) is 11.6. The van der Waals surface area contributed by atoms with Crippen LogP contribution in [0.25, 0.3) is 5.69 Å². The van der Waals surface area contributed by atoms with E-state index in [2.05, 4.69) is 12.0 Å². The summed E-state index contributed by atoms with van der Waals surface area (Å²) in [5.41, 5.74) is -0.594. The first-order chi connectivity index (χ1) is 16.2. The Hall–Kier alpha value is -3.04. The maximum absolute atomic E-state index is 13.2. The van der Waals surface area contributed by atoms with E-state index in [0.717, 1.165) is 38.1 Å². The molecule has 0 aliphatic carbocycles. The van der Waals surface area contributed by atoms with Crippen molar-refractivity contribution in [1.82, 2.24) is 19.6 Å². The number of rotatable bonds is 4. The summed E-state index contributed by atoms with van der Waals surface area (Å²) in [4.78, 5) is 29.7. The van der Waals surface area contributed by atoms with Crippen molar-refractivity contribution < 1.29 is 27.5 Å². The predicted molar refractivity (Wildman–Crippen MR) is 119 cm³/mol. The average molecular weight is 479 g/mol. The van der Waals surface area contributed by atoms with Crippen LogP contribution in [0.2, 0.25) is 0 Å². The van der Waals surface area contributed by atoms with E-state index in [0.29, 0.717) is 31.8 Å². The largest absolute Gasteiger partial charge is 0.493 e. The minimum Gasteiger partial charge on any atom is -0.493 e. The zero-order valence-electron chi connectivity index (χ0n) is 19.3. The lowest BCUT2D eigenvalue weighted by Gasteiger charge is -2.37. The van der Waals surface area contributed by atoms with Gasteiger partial charge in [-0.3, -0.25) is 9.59 Å². The molecule has 2 aliphatic rings. The summed E-state index contributed by atoms with van der Waals surface area (Å²) in [5.74, 6) is 0.408. The maximum Gasteiger partial charge on any atom is 0.416 e. The van der Waals surface area contributed by atoms with E-state index in [4.69, 9.17) is 4.74 Å². The SMILES string of the molecule is COc1cn(-c2cccc(C(F)(F)F)c2)nc1C(=O)N1CCC(C(=O)N2CCCC(C)C2)CC1. The van der Waals surface area contributed by atoms with Crippen LogP contribution in [-0.4, -0.2) is 64.7 Å². The molecule has 4 rings (SSSR count). The summed E-state index contributed by atoms with van der Waals surface area (Å²) in [7, 11) is 1.38. The molecule has 34 heavy (non-hydrogen) atoms. The Kier molecular flexibility index (Phi) is 6.86. The molecular weight excluding hydrogens is 449 g/mol. The number of aromatic nitrogens is 2. The lowest BCUT2D eigenvalue weighted by atomic mass is 9.92. The Labute approximate surface area is 196 Å². The summed E-state index contributed by atoms with van der Waals surface area (Å²) in [6.07, 6.45) is 0.235. The highest BCUT2D eigenvalue weighted by atomic mass is 19.4. The molecule has 1 aromatic carbocycles. The van der Waals surface area contributed by atoms with Gasteiger partial charge in [-0.25, -0.2) is 4.68 Å². The Morgan fingerprint density at radius 3 is 2.47 bits per heavy atom. The third-order valence-corrected chi connectivity index (χ3v) is 6.64. The molecule has 184 valence electrons. The number of benzene rings is 1. The van der Waals surface area contributed by atoms with Crippen molar-refractivity contribution in [2.45, 2.75) is 38.8 Å². The van der Waals surface area contributed by atoms with Gasteiger partial charge in [0.25, 0.3) is 5.91 Å². The molecule has 2 aliphatic heterocycles. The summed E-state index contributed by atoms with van der Waals surface area (Å²) in [5, 5.41) is 4.24. The van der Waals surface area contributed by atoms with Gasteiger partial charge in [-0.05, 0) is 49.8 Å². The van der Waals surface area contributed by atoms with E-state index in [1.165, 1.54) is 30.1 Å². The van der Waals surface area contributed by atoms with Crippen LogP contribution in [0.15, 0.2) is 30.5 Å². The van der Waals surface area contributed by atoms with Gasteiger partial charge in [-0.15, -0.1) is 0 Å². The van der Waals surface area contributed by atoms with Crippen LogP contribution in [-0.2, 0) is 11.0 Å². The average Bonchev–Trinajstić information content (AvgIpc) is 3.27. The highest BCUT2D eigenvalue weighted by Gasteiger charge is 2.34. The Bertz CT molecular complexity index is 1040. The van der Waals surface area contributed by atoms with Crippen molar-refractivity contribution in [2.75, 3.05) is 33.3 Å². The van der Waals surface area contributed by atoms with Gasteiger partial charge in [-0.1, -0.05) is 13.0 Å². The molecule has 0 spiro atoms. The lowest BCUT2D eigenvalue weighted by molar-refractivity contribution is -0.139. The van der Waals surface area contributed by atoms with Crippen molar-refractivity contribution in [3.8, 4) is 11.4 Å². The number of methoxy groups -OCH3 is 1. The molecule has 1 aromatic heterocycles. The van der Waals surface area contributed by atoms with E-state index < -0.39 is 11.7 Å². The van der Waals surface area contributed by atoms with Crippen molar-refractivity contribution in [3.05, 3.63) is 41.7 Å². The Morgan fingerprint density at radius 2 is 1.82 bits per heavy atom. The maximum atomic E-state index is 13.2. The molecule has 2 aromatic rings. The fourth-order valence-electron chi connectivity index (χ4n) is 4.74. The molecule has 0 radical (unpaired) electrons. The number of halogens is 3. The van der Waals surface area contributed by atoms with Crippen molar-refractivity contribution >= 4 is 11.8 Å². The number of hydrogen-bond donors (Lipinski definition) is 0. The molecule has 1 unspecified atom stereocenters. The van der Waals surface area contributed by atoms with Gasteiger partial charge in [0.05, 0.1) is 24.6 Å². The van der Waals surface area contributed by atoms with Crippen LogP contribution in [0, 0.1) is 11.8 Å². The molecule has 0 saturated carbocycles. The van der Waals surface area contributed by atoms with E-state index in [1.807, 2.05) is 4.90 Å². The number of hydrogen-bond acceptors (Lipinski definition) is 4. The number of ether oxygens (including phenoxy) is 1. The quantitative estimate of drug-likeness (QED) is 0.666. The van der Waals surface area contributed by atoms with Crippen molar-refractivity contribution in [3.63, 3.8) is 0 Å². The van der Waals surface area contributed by atoms with Gasteiger partial charge in [-0.2, -0.15) is 18.3 Å². The van der Waals surface area contributed by atoms with Crippen LogP contribution >= 0.6 is 0 Å². The number of carbonyl (C=O) groups excluding carboxylic acids is 2. The van der Waals surface area contributed by atoms with Crippen LogP contribution in [0.4, 0.5) is 13.2 Å². The molecule has 0 N–H and O–H groups in total. The number of amides is 2. The number of alkyl halides is 3. The normalized spacial score (nSPS) is 19.9. The van der Waals surface area contributed by atoms with Gasteiger partial charge >= 0.3 is 6.18 Å². The van der Waals surface area contributed by atoms with Gasteiger partial charge in [0.15, 0.2) is 11.4 Å². The first kappa shape index (κ1) is 24.1. The van der Waals surface area contributed by atoms with Crippen molar-refractivity contribution in [2.24, 2.45) is 11.8 Å². The minimum absolute atomic E-state index is 0.0366. The third-order valence-electron chi connectivity index (χ3n) is 6.64. The monoisotopic (exact) mass is 478 g/mol. The van der Waals surface area contributed by atoms with Crippen LogP contribution in [0.1, 0.15) is 48.7 Å². The van der Waals surface area contributed by atoms with Gasteiger partial charge < -0.3 is 14.5 Å². The number of carbonyl (C=O) groups is 2. The van der Waals surface area contributed by atoms with E-state index >= 15 is 0 Å². The molecule has 2 amide bonds. The lowest BCUT2D eigenvalue weighted by Crippen LogP contribution is -2.47. The van der Waals surface area contributed by atoms with Gasteiger partial charge in [0.1, 0.15) is 0 Å². The standard InChI is InChI=1S/C24H29F3N4O3/c1-16-5-4-10-30(14-16)22(32)17-8-11-29(12-9-17)23(33)21-20(34-2)15-31(28-21)19-7-3-6-18(13-19)24(25,26)27/h3,6-7,13,15-17H,4-5,8-12,14H2,1-2H3. The summed E-state index contributed by atoms with van der Waals surface area (Å²) in [6.45, 7) is 4.58. The smallest absolute Gasteiger partial charge is 0.416 e. The fraction of sp³-hybridized carbons (Fsp3) is 0.542. The molecular formula is C24H29F3N4O3. The second kappa shape index (κ2) is 9.68. The number of piperidine rings is 2. The second-order valence-electron chi connectivity index (χ2n) is 9.14. The zero-order valence-corrected chi connectivity index (χ0v) is 19.3. The number of nitrogens with zero attached hydrogens (tertiary/aromatic N) is 4. The van der Waals surface area contributed by atoms with E-state index in [1.54, 1.807) is 4.90 Å². The third kappa shape index (κ3) is 5.05. The summed E-state index contributed by atoms with van der Waals surface area (Å²) < 4.78 is 45.8. The zero-order chi connectivity index (χ0) is 24.5. The highest BCUT2D eigenvalue weighted by molar-refractivity contribution is 5.95. The molecule has 0 bridgehead atoms. The van der Waals surface area contributed by atoms with E-state index in [9.17, 15) is 22.8 Å². The summed E-state index contributed by atoms with van der Waals surface area (Å²) >= 11 is 0. The Morgan fingerprint density at radius 1 is 1.09 bits per heavy atom.